The van der Waals surface area contributed by atoms with E-state index in [0.717, 1.165) is 38.2 Å². The van der Waals surface area contributed by atoms with Gasteiger partial charge in [-0.1, -0.05) is 170 Å². The summed E-state index contributed by atoms with van der Waals surface area (Å²) in [5, 5.41) is 9.53. The van der Waals surface area contributed by atoms with Crippen molar-refractivity contribution in [1.82, 2.24) is 15.0 Å². The molecule has 0 radical (unpaired) electrons. The Labute approximate surface area is 301 Å². The Morgan fingerprint density at radius 2 is 0.654 bits per heavy atom. The lowest BCUT2D eigenvalue weighted by molar-refractivity contribution is 1.08. The molecule has 3 nitrogen and oxygen atoms in total. The van der Waals surface area contributed by atoms with Crippen molar-refractivity contribution in [3.8, 4) is 56.4 Å². The SMILES string of the molecule is c1ccc(-c2nc(-c3ccc(-c4ccccc4)c4ccccc34)nc(-c3ccc(-c4ccc5c(ccc6ccccc65)c4)c4ccccc34)n2)cc1. The van der Waals surface area contributed by atoms with Crippen molar-refractivity contribution < 1.29 is 0 Å². The van der Waals surface area contributed by atoms with Gasteiger partial charge in [-0.05, 0) is 83.5 Å². The molecule has 0 amide bonds. The summed E-state index contributed by atoms with van der Waals surface area (Å²) < 4.78 is 0. The Balaban J connectivity index is 1.16. The van der Waals surface area contributed by atoms with Gasteiger partial charge in [0.2, 0.25) is 0 Å². The predicted molar refractivity (Wildman–Crippen MR) is 217 cm³/mol. The topological polar surface area (TPSA) is 38.7 Å². The van der Waals surface area contributed by atoms with Gasteiger partial charge >= 0.3 is 0 Å². The van der Waals surface area contributed by atoms with Crippen LogP contribution in [0.5, 0.6) is 0 Å². The van der Waals surface area contributed by atoms with E-state index in [9.17, 15) is 0 Å². The first-order valence-electron chi connectivity index (χ1n) is 17.6. The van der Waals surface area contributed by atoms with E-state index in [-0.39, 0.29) is 0 Å². The zero-order valence-electron chi connectivity index (χ0n) is 28.2. The molecule has 0 atom stereocenters. The van der Waals surface area contributed by atoms with Crippen molar-refractivity contribution in [3.05, 3.63) is 188 Å². The van der Waals surface area contributed by atoms with Gasteiger partial charge in [0.15, 0.2) is 17.5 Å². The van der Waals surface area contributed by atoms with Crippen LogP contribution in [-0.2, 0) is 0 Å². The summed E-state index contributed by atoms with van der Waals surface area (Å²) >= 11 is 0. The Morgan fingerprint density at radius 3 is 1.27 bits per heavy atom. The quantitative estimate of drug-likeness (QED) is 0.172. The minimum absolute atomic E-state index is 0.645. The molecule has 9 aromatic carbocycles. The molecule has 0 aliphatic carbocycles. The third-order valence-corrected chi connectivity index (χ3v) is 10.1. The Morgan fingerprint density at radius 1 is 0.231 bits per heavy atom. The van der Waals surface area contributed by atoms with Crippen LogP contribution < -0.4 is 0 Å². The van der Waals surface area contributed by atoms with E-state index in [1.54, 1.807) is 0 Å². The maximum atomic E-state index is 5.25. The number of rotatable bonds is 5. The van der Waals surface area contributed by atoms with E-state index < -0.39 is 0 Å². The molecule has 3 heteroatoms. The van der Waals surface area contributed by atoms with Gasteiger partial charge in [0.1, 0.15) is 0 Å². The Hall–Kier alpha value is -6.97. The van der Waals surface area contributed by atoms with Crippen LogP contribution in [-0.4, -0.2) is 15.0 Å². The zero-order chi connectivity index (χ0) is 34.4. The van der Waals surface area contributed by atoms with Gasteiger partial charge in [0.25, 0.3) is 0 Å². The van der Waals surface area contributed by atoms with E-state index in [2.05, 4.69) is 170 Å². The number of aromatic nitrogens is 3. The van der Waals surface area contributed by atoms with Crippen molar-refractivity contribution in [2.45, 2.75) is 0 Å². The lowest BCUT2D eigenvalue weighted by Gasteiger charge is -2.15. The predicted octanol–water partition coefficient (Wildman–Crippen LogP) is 12.8. The lowest BCUT2D eigenvalue weighted by Crippen LogP contribution is -2.01. The highest BCUT2D eigenvalue weighted by molar-refractivity contribution is 6.10. The number of hydrogen-bond acceptors (Lipinski definition) is 3. The van der Waals surface area contributed by atoms with Crippen LogP contribution in [0.15, 0.2) is 188 Å². The molecule has 0 saturated heterocycles. The smallest absolute Gasteiger partial charge is 0.164 e. The summed E-state index contributed by atoms with van der Waals surface area (Å²) in [6, 6.07) is 66.4. The second kappa shape index (κ2) is 12.4. The van der Waals surface area contributed by atoms with E-state index in [0.29, 0.717) is 17.5 Å². The minimum atomic E-state index is 0.645. The summed E-state index contributed by atoms with van der Waals surface area (Å²) in [6.45, 7) is 0. The van der Waals surface area contributed by atoms with Gasteiger partial charge in [0.05, 0.1) is 0 Å². The van der Waals surface area contributed by atoms with E-state index in [1.807, 2.05) is 18.2 Å². The third kappa shape index (κ3) is 5.10. The van der Waals surface area contributed by atoms with Crippen molar-refractivity contribution in [3.63, 3.8) is 0 Å². The monoisotopic (exact) mass is 661 g/mol. The van der Waals surface area contributed by atoms with Crippen LogP contribution >= 0.6 is 0 Å². The minimum Gasteiger partial charge on any atom is -0.208 e. The Bertz CT molecular complexity index is 2950. The summed E-state index contributed by atoms with van der Waals surface area (Å²) in [7, 11) is 0. The molecule has 0 N–H and O–H groups in total. The average Bonchev–Trinajstić information content (AvgIpc) is 3.23. The fourth-order valence-electron chi connectivity index (χ4n) is 7.62. The van der Waals surface area contributed by atoms with Crippen LogP contribution in [0.3, 0.4) is 0 Å². The van der Waals surface area contributed by atoms with Crippen molar-refractivity contribution in [2.24, 2.45) is 0 Å². The highest BCUT2D eigenvalue weighted by Crippen LogP contribution is 2.39. The fourth-order valence-corrected chi connectivity index (χ4v) is 7.62. The second-order valence-electron chi connectivity index (χ2n) is 13.2. The van der Waals surface area contributed by atoms with Gasteiger partial charge in [0, 0.05) is 16.7 Å². The average molecular weight is 662 g/mol. The van der Waals surface area contributed by atoms with E-state index >= 15 is 0 Å². The van der Waals surface area contributed by atoms with Crippen LogP contribution in [0, 0.1) is 0 Å². The number of nitrogens with zero attached hydrogens (tertiary/aromatic N) is 3. The molecule has 0 fully saturated rings. The molecular formula is C49H31N3. The van der Waals surface area contributed by atoms with Gasteiger partial charge in [-0.3, -0.25) is 0 Å². The fraction of sp³-hybridized carbons (Fsp3) is 0. The molecule has 0 unspecified atom stereocenters. The summed E-state index contributed by atoms with van der Waals surface area (Å²) in [5.41, 5.74) is 7.60. The first-order chi connectivity index (χ1) is 25.8. The van der Waals surface area contributed by atoms with Gasteiger partial charge in [-0.2, -0.15) is 0 Å². The van der Waals surface area contributed by atoms with Crippen molar-refractivity contribution in [1.29, 1.82) is 0 Å². The molecule has 52 heavy (non-hydrogen) atoms. The lowest BCUT2D eigenvalue weighted by atomic mass is 9.92. The van der Waals surface area contributed by atoms with Crippen LogP contribution in [0.25, 0.3) is 99.5 Å². The molecule has 0 bridgehead atoms. The number of hydrogen-bond donors (Lipinski definition) is 0. The van der Waals surface area contributed by atoms with E-state index in [1.165, 1.54) is 43.8 Å². The molecule has 1 heterocycles. The normalized spacial score (nSPS) is 11.5. The first kappa shape index (κ1) is 29.9. The third-order valence-electron chi connectivity index (χ3n) is 10.1. The molecule has 242 valence electrons. The summed E-state index contributed by atoms with van der Waals surface area (Å²) in [6.07, 6.45) is 0. The van der Waals surface area contributed by atoms with Crippen LogP contribution in [0.4, 0.5) is 0 Å². The summed E-state index contributed by atoms with van der Waals surface area (Å²) in [4.78, 5) is 15.5. The highest BCUT2D eigenvalue weighted by atomic mass is 15.0. The van der Waals surface area contributed by atoms with Gasteiger partial charge in [-0.15, -0.1) is 0 Å². The van der Waals surface area contributed by atoms with Crippen molar-refractivity contribution in [2.75, 3.05) is 0 Å². The largest absolute Gasteiger partial charge is 0.208 e. The first-order valence-corrected chi connectivity index (χ1v) is 17.6. The molecule has 1 aromatic heterocycles. The molecule has 0 aliphatic rings. The molecular weight excluding hydrogens is 631 g/mol. The standard InChI is InChI=1S/C49H31N3/c1-3-13-32(14-4-1)38-27-29-45(43-21-11-9-19-41(38)43)48-50-47(34-16-5-2-6-17-34)51-49(52-48)46-30-28-40(42-20-10-12-22-44(42)46)36-25-26-39-35(31-36)24-23-33-15-7-8-18-37(33)39/h1-31H. The number of benzene rings is 9. The maximum Gasteiger partial charge on any atom is 0.164 e. The highest BCUT2D eigenvalue weighted by Gasteiger charge is 2.18. The molecule has 0 spiro atoms. The van der Waals surface area contributed by atoms with Gasteiger partial charge in [-0.25, -0.2) is 15.0 Å². The van der Waals surface area contributed by atoms with Gasteiger partial charge < -0.3 is 0 Å². The van der Waals surface area contributed by atoms with E-state index in [4.69, 9.17) is 15.0 Å². The van der Waals surface area contributed by atoms with Crippen LogP contribution in [0.1, 0.15) is 0 Å². The second-order valence-corrected chi connectivity index (χ2v) is 13.2. The molecule has 0 saturated carbocycles. The van der Waals surface area contributed by atoms with Crippen LogP contribution in [0.2, 0.25) is 0 Å². The van der Waals surface area contributed by atoms with Crippen molar-refractivity contribution >= 4 is 43.1 Å². The number of fused-ring (bicyclic) bond motifs is 5. The maximum absolute atomic E-state index is 5.25. The summed E-state index contributed by atoms with van der Waals surface area (Å²) in [5.74, 6) is 1.94. The molecule has 10 aromatic rings. The Kier molecular flexibility index (Phi) is 7.14. The molecule has 0 aliphatic heterocycles. The molecule has 10 rings (SSSR count). The zero-order valence-corrected chi connectivity index (χ0v) is 28.2.